The Morgan fingerprint density at radius 1 is 1.09 bits per heavy atom. The maximum Gasteiger partial charge on any atom is 0.338 e. The molecule has 3 heterocycles. The SMILES string of the molecule is CCOC(=O)C1=C(c2ccccc2)N=c2s/c(=C\c3ccc(-c4ccc(Cl)cc4[N+](=O)[O-])o3)c(=O)n2[C@@H]1c1ccccc1. The second kappa shape index (κ2) is 11.7. The van der Waals surface area contributed by atoms with Crippen LogP contribution < -0.4 is 14.9 Å². The molecule has 0 amide bonds. The van der Waals surface area contributed by atoms with Crippen molar-refractivity contribution in [2.45, 2.75) is 13.0 Å². The fourth-order valence-corrected chi connectivity index (χ4v) is 6.11. The lowest BCUT2D eigenvalue weighted by molar-refractivity contribution is -0.384. The first-order valence-corrected chi connectivity index (χ1v) is 14.4. The van der Waals surface area contributed by atoms with Crippen molar-refractivity contribution in [1.29, 1.82) is 0 Å². The van der Waals surface area contributed by atoms with Gasteiger partial charge in [-0.2, -0.15) is 0 Å². The number of nitro benzene ring substituents is 1. The van der Waals surface area contributed by atoms with Crippen LogP contribution in [0.15, 0.2) is 111 Å². The number of hydrogen-bond acceptors (Lipinski definition) is 8. The van der Waals surface area contributed by atoms with Crippen LogP contribution in [0.3, 0.4) is 0 Å². The molecular weight excluding hydrogens is 590 g/mol. The average Bonchev–Trinajstić information content (AvgIpc) is 3.61. The van der Waals surface area contributed by atoms with Gasteiger partial charge in [0, 0.05) is 22.7 Å². The molecule has 0 bridgehead atoms. The Bertz CT molecular complexity index is 2080. The summed E-state index contributed by atoms with van der Waals surface area (Å²) in [6, 6.07) is 25.3. The third-order valence-electron chi connectivity index (χ3n) is 6.81. The van der Waals surface area contributed by atoms with Gasteiger partial charge in [0.25, 0.3) is 11.2 Å². The first-order valence-electron chi connectivity index (χ1n) is 13.2. The summed E-state index contributed by atoms with van der Waals surface area (Å²) in [5, 5.41) is 11.8. The predicted octanol–water partition coefficient (Wildman–Crippen LogP) is 5.76. The number of carbonyl (C=O) groups excluding carboxylic acids is 1. The van der Waals surface area contributed by atoms with Crippen LogP contribution in [-0.2, 0) is 9.53 Å². The van der Waals surface area contributed by atoms with Crippen LogP contribution in [0.25, 0.3) is 23.1 Å². The molecule has 3 aromatic carbocycles. The first kappa shape index (κ1) is 28.1. The molecular formula is C32H22ClN3O6S. The normalized spacial score (nSPS) is 14.7. The monoisotopic (exact) mass is 611 g/mol. The van der Waals surface area contributed by atoms with Crippen LogP contribution in [-0.4, -0.2) is 22.1 Å². The summed E-state index contributed by atoms with van der Waals surface area (Å²) < 4.78 is 13.2. The van der Waals surface area contributed by atoms with Crippen LogP contribution in [0.1, 0.15) is 29.9 Å². The fraction of sp³-hybridized carbons (Fsp3) is 0.0938. The topological polar surface area (TPSA) is 117 Å². The van der Waals surface area contributed by atoms with Gasteiger partial charge in [-0.3, -0.25) is 19.5 Å². The highest BCUT2D eigenvalue weighted by molar-refractivity contribution is 7.07. The van der Waals surface area contributed by atoms with E-state index < -0.39 is 16.9 Å². The van der Waals surface area contributed by atoms with Gasteiger partial charge in [0.15, 0.2) is 4.80 Å². The summed E-state index contributed by atoms with van der Waals surface area (Å²) in [4.78, 5) is 43.8. The van der Waals surface area contributed by atoms with Gasteiger partial charge < -0.3 is 9.15 Å². The van der Waals surface area contributed by atoms with Gasteiger partial charge in [0.2, 0.25) is 0 Å². The molecule has 11 heteroatoms. The number of halogens is 1. The molecule has 1 aliphatic heterocycles. The number of nitrogens with zero attached hydrogens (tertiary/aromatic N) is 3. The number of ether oxygens (including phenoxy) is 1. The van der Waals surface area contributed by atoms with Crippen LogP contribution in [0.4, 0.5) is 5.69 Å². The molecule has 2 aromatic heterocycles. The number of aromatic nitrogens is 1. The van der Waals surface area contributed by atoms with Gasteiger partial charge in [-0.1, -0.05) is 83.6 Å². The number of furan rings is 1. The molecule has 9 nitrogen and oxygen atoms in total. The number of benzene rings is 3. The van der Waals surface area contributed by atoms with Gasteiger partial charge >= 0.3 is 5.97 Å². The van der Waals surface area contributed by atoms with E-state index in [0.29, 0.717) is 26.4 Å². The number of carbonyl (C=O) groups is 1. The van der Waals surface area contributed by atoms with E-state index in [1.165, 1.54) is 16.7 Å². The number of thiazole rings is 1. The molecule has 1 atom stereocenters. The van der Waals surface area contributed by atoms with Gasteiger partial charge in [-0.05, 0) is 36.8 Å². The minimum Gasteiger partial charge on any atom is -0.463 e. The van der Waals surface area contributed by atoms with Crippen molar-refractivity contribution in [1.82, 2.24) is 4.57 Å². The zero-order valence-electron chi connectivity index (χ0n) is 22.6. The fourth-order valence-electron chi connectivity index (χ4n) is 4.96. The molecule has 0 fully saturated rings. The van der Waals surface area contributed by atoms with E-state index in [0.717, 1.165) is 16.9 Å². The number of nitro groups is 1. The Balaban J connectivity index is 1.54. The summed E-state index contributed by atoms with van der Waals surface area (Å²) in [7, 11) is 0. The van der Waals surface area contributed by atoms with Crippen molar-refractivity contribution in [3.05, 3.63) is 148 Å². The Kier molecular flexibility index (Phi) is 7.62. The van der Waals surface area contributed by atoms with E-state index in [1.807, 2.05) is 60.7 Å². The van der Waals surface area contributed by atoms with Crippen LogP contribution >= 0.6 is 22.9 Å². The van der Waals surface area contributed by atoms with E-state index in [9.17, 15) is 19.7 Å². The zero-order chi connectivity index (χ0) is 30.1. The standard InChI is InChI=1S/C32H22ClN3O6S/c1-2-41-31(38)27-28(19-9-5-3-6-10-19)34-32-35(29(27)20-11-7-4-8-12-20)30(37)26(43-32)18-22-14-16-25(42-22)23-15-13-21(33)17-24(23)36(39)40/h3-18,29H,2H2,1H3/b26-18-/t29-/m1/s1. The maximum absolute atomic E-state index is 14.0. The van der Waals surface area contributed by atoms with Crippen molar-refractivity contribution in [3.8, 4) is 11.3 Å². The first-order chi connectivity index (χ1) is 20.9. The zero-order valence-corrected chi connectivity index (χ0v) is 24.2. The third kappa shape index (κ3) is 5.33. The molecule has 0 spiro atoms. The Labute approximate surface area is 253 Å². The van der Waals surface area contributed by atoms with Crippen LogP contribution in [0.2, 0.25) is 5.02 Å². The van der Waals surface area contributed by atoms with Crippen molar-refractivity contribution in [3.63, 3.8) is 0 Å². The van der Waals surface area contributed by atoms with E-state index in [2.05, 4.69) is 0 Å². The summed E-state index contributed by atoms with van der Waals surface area (Å²) in [5.41, 5.74) is 1.80. The Hall–Kier alpha value is -5.06. The Morgan fingerprint density at radius 3 is 2.51 bits per heavy atom. The van der Waals surface area contributed by atoms with Crippen molar-refractivity contribution < 1.29 is 18.9 Å². The molecule has 0 aliphatic carbocycles. The molecule has 0 radical (unpaired) electrons. The second-order valence-electron chi connectivity index (χ2n) is 9.46. The molecule has 0 unspecified atom stereocenters. The van der Waals surface area contributed by atoms with Crippen molar-refractivity contribution >= 4 is 46.4 Å². The molecule has 0 saturated carbocycles. The smallest absolute Gasteiger partial charge is 0.338 e. The highest BCUT2D eigenvalue weighted by Gasteiger charge is 2.35. The van der Waals surface area contributed by atoms with E-state index in [1.54, 1.807) is 31.2 Å². The lowest BCUT2D eigenvalue weighted by Crippen LogP contribution is -2.39. The van der Waals surface area contributed by atoms with E-state index in [-0.39, 0.29) is 39.8 Å². The molecule has 214 valence electrons. The molecule has 0 N–H and O–H groups in total. The highest BCUT2D eigenvalue weighted by atomic mass is 35.5. The lowest BCUT2D eigenvalue weighted by atomic mass is 9.93. The summed E-state index contributed by atoms with van der Waals surface area (Å²) >= 11 is 7.11. The van der Waals surface area contributed by atoms with Crippen LogP contribution in [0, 0.1) is 10.1 Å². The molecule has 5 aromatic rings. The summed E-state index contributed by atoms with van der Waals surface area (Å²) in [6.07, 6.45) is 1.56. The quantitative estimate of drug-likeness (QED) is 0.131. The second-order valence-corrected chi connectivity index (χ2v) is 10.9. The number of fused-ring (bicyclic) bond motifs is 1. The number of rotatable bonds is 7. The average molecular weight is 612 g/mol. The van der Waals surface area contributed by atoms with Crippen molar-refractivity contribution in [2.75, 3.05) is 6.61 Å². The predicted molar refractivity (Wildman–Crippen MR) is 163 cm³/mol. The van der Waals surface area contributed by atoms with E-state index in [4.69, 9.17) is 25.7 Å². The maximum atomic E-state index is 14.0. The van der Waals surface area contributed by atoms with Crippen molar-refractivity contribution in [2.24, 2.45) is 4.99 Å². The minimum absolute atomic E-state index is 0.156. The van der Waals surface area contributed by atoms with Gasteiger partial charge in [0.1, 0.15) is 11.5 Å². The molecule has 0 saturated heterocycles. The third-order valence-corrected chi connectivity index (χ3v) is 8.03. The molecule has 1 aliphatic rings. The van der Waals surface area contributed by atoms with Gasteiger partial charge in [0.05, 0.1) is 38.9 Å². The van der Waals surface area contributed by atoms with Gasteiger partial charge in [-0.25, -0.2) is 9.79 Å². The number of esters is 1. The lowest BCUT2D eigenvalue weighted by Gasteiger charge is -2.25. The summed E-state index contributed by atoms with van der Waals surface area (Å²) in [5.74, 6) is 0.00245. The highest BCUT2D eigenvalue weighted by Crippen LogP contribution is 2.36. The van der Waals surface area contributed by atoms with E-state index >= 15 is 0 Å². The molecule has 43 heavy (non-hydrogen) atoms. The Morgan fingerprint density at radius 2 is 1.81 bits per heavy atom. The number of hydrogen-bond donors (Lipinski definition) is 0. The largest absolute Gasteiger partial charge is 0.463 e. The van der Waals surface area contributed by atoms with Gasteiger partial charge in [-0.15, -0.1) is 0 Å². The minimum atomic E-state index is -0.794. The summed E-state index contributed by atoms with van der Waals surface area (Å²) in [6.45, 7) is 1.88. The molecule has 6 rings (SSSR count). The van der Waals surface area contributed by atoms with Crippen LogP contribution in [0.5, 0.6) is 0 Å².